The number of unbranched alkanes of at least 4 members (excludes halogenated alkanes) is 26. The summed E-state index contributed by atoms with van der Waals surface area (Å²) in [6.45, 7) is 6.85. The number of ether oxygens (including phenoxy) is 1. The fourth-order valence-corrected chi connectivity index (χ4v) is 9.11. The summed E-state index contributed by atoms with van der Waals surface area (Å²) in [5, 5.41) is 3.04. The number of amides is 1. The molecule has 0 aliphatic carbocycles. The monoisotopic (exact) mass is 1060 g/mol. The standard InChI is InChI=1S/C64H115N2O7P/c1-7-10-13-16-19-22-25-27-29-30-31-32-33-34-35-36-37-39-42-45-48-51-54-57-64(68)73-62(55-52-49-46-43-40-24-21-18-15-12-9-3)61(60-72-74(69,70)71-59-58-66(4,5)6)65-63(67)56-53-50-47-44-41-38-28-26-23-20-17-14-11-8-2/h11,14,19-20,22-23,27,29,31-32,34-35,52,55,61-62H,7-10,12-13,15-18,21,24-26,28,30,33,36-51,53-54,56-60H2,1-6H3,(H-,65,67,69,70)/p+1/b14-11+,22-19-,23-20+,29-27-,32-31-,35-34-,55-52-. The van der Waals surface area contributed by atoms with Crippen molar-refractivity contribution in [2.45, 2.75) is 270 Å². The van der Waals surface area contributed by atoms with E-state index in [1.54, 1.807) is 0 Å². The first-order valence-corrected chi connectivity index (χ1v) is 31.9. The number of carbonyl (C=O) groups excluding carboxylic acids is 2. The third kappa shape index (κ3) is 54.0. The van der Waals surface area contributed by atoms with Gasteiger partial charge in [0.05, 0.1) is 33.8 Å². The zero-order valence-corrected chi connectivity index (χ0v) is 49.7. The van der Waals surface area contributed by atoms with Crippen molar-refractivity contribution in [3.05, 3.63) is 85.1 Å². The molecule has 0 fully saturated rings. The molecule has 2 N–H and O–H groups in total. The molecule has 0 spiro atoms. The molecular weight excluding hydrogens is 940 g/mol. The van der Waals surface area contributed by atoms with Crippen molar-refractivity contribution in [2.24, 2.45) is 0 Å². The topological polar surface area (TPSA) is 111 Å². The number of nitrogens with one attached hydrogen (secondary N) is 1. The van der Waals surface area contributed by atoms with Crippen LogP contribution in [0.2, 0.25) is 0 Å². The maximum Gasteiger partial charge on any atom is 0.472 e. The average molecular weight is 1060 g/mol. The quantitative estimate of drug-likeness (QED) is 0.0205. The molecular formula is C64H116N2O7P+. The van der Waals surface area contributed by atoms with Gasteiger partial charge in [-0.15, -0.1) is 0 Å². The largest absolute Gasteiger partial charge is 0.472 e. The Hall–Kier alpha value is -2.81. The highest BCUT2D eigenvalue weighted by Gasteiger charge is 2.30. The van der Waals surface area contributed by atoms with Crippen LogP contribution in [0.15, 0.2) is 85.1 Å². The molecule has 3 unspecified atom stereocenters. The van der Waals surface area contributed by atoms with Crippen molar-refractivity contribution in [1.29, 1.82) is 0 Å². The first-order chi connectivity index (χ1) is 35.9. The molecule has 0 saturated heterocycles. The van der Waals surface area contributed by atoms with Gasteiger partial charge in [-0.2, -0.15) is 0 Å². The van der Waals surface area contributed by atoms with Gasteiger partial charge in [0.1, 0.15) is 19.3 Å². The molecule has 0 bridgehead atoms. The lowest BCUT2D eigenvalue weighted by Gasteiger charge is -2.27. The second-order valence-electron chi connectivity index (χ2n) is 21.5. The number of quaternary nitrogens is 1. The van der Waals surface area contributed by atoms with Gasteiger partial charge in [-0.1, -0.05) is 228 Å². The molecule has 0 aromatic rings. The SMILES string of the molecule is CC/C=C/C/C=C/CCCCCCCCCC(=O)NC(COP(=O)(O)OCC[N+](C)(C)C)C(/C=C\CCCCCCCCCCC)OC(=O)CCCCCCCCC/C=C\C/C=C\C/C=C\C/C=C\CCCCC. The second kappa shape index (κ2) is 53.6. The van der Waals surface area contributed by atoms with E-state index in [2.05, 4.69) is 99.0 Å². The molecule has 0 radical (unpaired) electrons. The van der Waals surface area contributed by atoms with E-state index < -0.39 is 20.0 Å². The number of phosphoric ester groups is 1. The van der Waals surface area contributed by atoms with Gasteiger partial charge in [0.2, 0.25) is 5.91 Å². The number of likely N-dealkylation sites (N-methyl/N-ethyl adjacent to an activating group) is 1. The van der Waals surface area contributed by atoms with Crippen molar-refractivity contribution >= 4 is 19.7 Å². The summed E-state index contributed by atoms with van der Waals surface area (Å²) >= 11 is 0. The third-order valence-electron chi connectivity index (χ3n) is 13.1. The predicted molar refractivity (Wildman–Crippen MR) is 318 cm³/mol. The summed E-state index contributed by atoms with van der Waals surface area (Å²) in [4.78, 5) is 37.6. The van der Waals surface area contributed by atoms with Crippen molar-refractivity contribution < 1.29 is 37.3 Å². The van der Waals surface area contributed by atoms with Crippen LogP contribution < -0.4 is 5.32 Å². The summed E-state index contributed by atoms with van der Waals surface area (Å²) in [7, 11) is 1.47. The molecule has 1 amide bonds. The van der Waals surface area contributed by atoms with E-state index in [0.717, 1.165) is 116 Å². The molecule has 0 aliphatic heterocycles. The normalized spacial score (nSPS) is 14.3. The van der Waals surface area contributed by atoms with E-state index in [9.17, 15) is 19.0 Å². The molecule has 3 atom stereocenters. The predicted octanol–water partition coefficient (Wildman–Crippen LogP) is 18.6. The molecule has 428 valence electrons. The second-order valence-corrected chi connectivity index (χ2v) is 22.9. The van der Waals surface area contributed by atoms with Gasteiger partial charge in [-0.25, -0.2) is 4.57 Å². The van der Waals surface area contributed by atoms with E-state index in [-0.39, 0.29) is 31.5 Å². The van der Waals surface area contributed by atoms with E-state index in [4.69, 9.17) is 13.8 Å². The Morgan fingerprint density at radius 2 is 0.865 bits per heavy atom. The van der Waals surface area contributed by atoms with Gasteiger partial charge in [-0.3, -0.25) is 18.6 Å². The third-order valence-corrected chi connectivity index (χ3v) is 14.1. The van der Waals surface area contributed by atoms with E-state index in [1.165, 1.54) is 109 Å². The Balaban J connectivity index is 5.22. The highest BCUT2D eigenvalue weighted by atomic mass is 31.2. The maximum atomic E-state index is 13.5. The van der Waals surface area contributed by atoms with Crippen LogP contribution in [0.5, 0.6) is 0 Å². The number of allylic oxidation sites excluding steroid dienone is 13. The zero-order chi connectivity index (χ0) is 54.3. The van der Waals surface area contributed by atoms with Crippen molar-refractivity contribution in [3.8, 4) is 0 Å². The molecule has 0 aromatic carbocycles. The Kier molecular flexibility index (Phi) is 51.5. The van der Waals surface area contributed by atoms with Gasteiger partial charge in [-0.05, 0) is 102 Å². The number of rotatable bonds is 54. The summed E-state index contributed by atoms with van der Waals surface area (Å²) in [5.41, 5.74) is 0. The molecule has 9 nitrogen and oxygen atoms in total. The zero-order valence-electron chi connectivity index (χ0n) is 48.8. The Labute approximate surface area is 456 Å². The Morgan fingerprint density at radius 1 is 0.486 bits per heavy atom. The summed E-state index contributed by atoms with van der Waals surface area (Å²) < 4.78 is 30.6. The molecule has 0 rings (SSSR count). The van der Waals surface area contributed by atoms with Gasteiger partial charge >= 0.3 is 13.8 Å². The summed E-state index contributed by atoms with van der Waals surface area (Å²) in [5.74, 6) is -0.530. The Bertz CT molecular complexity index is 1540. The van der Waals surface area contributed by atoms with Crippen LogP contribution in [0.25, 0.3) is 0 Å². The van der Waals surface area contributed by atoms with Crippen LogP contribution in [0.3, 0.4) is 0 Å². The number of esters is 1. The minimum absolute atomic E-state index is 0.0332. The number of carbonyl (C=O) groups is 2. The Morgan fingerprint density at radius 3 is 1.32 bits per heavy atom. The molecule has 74 heavy (non-hydrogen) atoms. The summed E-state index contributed by atoms with van der Waals surface area (Å²) in [6, 6.07) is -0.860. The van der Waals surface area contributed by atoms with E-state index in [0.29, 0.717) is 17.4 Å². The molecule has 0 heterocycles. The fraction of sp³-hybridized carbons (Fsp3) is 0.750. The van der Waals surface area contributed by atoms with Crippen LogP contribution >= 0.6 is 7.82 Å². The lowest BCUT2D eigenvalue weighted by Crippen LogP contribution is -2.47. The van der Waals surface area contributed by atoms with Gasteiger partial charge < -0.3 is 19.4 Å². The molecule has 10 heteroatoms. The van der Waals surface area contributed by atoms with Crippen LogP contribution in [0, 0.1) is 0 Å². The van der Waals surface area contributed by atoms with Gasteiger partial charge in [0.15, 0.2) is 0 Å². The first-order valence-electron chi connectivity index (χ1n) is 30.4. The molecule has 0 saturated carbocycles. The van der Waals surface area contributed by atoms with Gasteiger partial charge in [0.25, 0.3) is 0 Å². The highest BCUT2D eigenvalue weighted by Crippen LogP contribution is 2.43. The highest BCUT2D eigenvalue weighted by molar-refractivity contribution is 7.47. The molecule has 0 aromatic heterocycles. The van der Waals surface area contributed by atoms with Crippen LogP contribution in [0.1, 0.15) is 258 Å². The number of hydrogen-bond acceptors (Lipinski definition) is 6. The number of nitrogens with zero attached hydrogens (tertiary/aromatic N) is 1. The minimum atomic E-state index is -4.45. The summed E-state index contributed by atoms with van der Waals surface area (Å²) in [6.07, 6.45) is 70.1. The minimum Gasteiger partial charge on any atom is -0.456 e. The average Bonchev–Trinajstić information content (AvgIpc) is 3.36. The van der Waals surface area contributed by atoms with E-state index >= 15 is 0 Å². The fourth-order valence-electron chi connectivity index (χ4n) is 8.37. The number of phosphoric acid groups is 1. The van der Waals surface area contributed by atoms with Crippen molar-refractivity contribution in [2.75, 3.05) is 40.9 Å². The maximum absolute atomic E-state index is 13.5. The van der Waals surface area contributed by atoms with Gasteiger partial charge in [0, 0.05) is 12.8 Å². The first kappa shape index (κ1) is 71.2. The van der Waals surface area contributed by atoms with Crippen LogP contribution in [-0.4, -0.2) is 74.3 Å². The lowest BCUT2D eigenvalue weighted by atomic mass is 10.1. The smallest absolute Gasteiger partial charge is 0.456 e. The lowest BCUT2D eigenvalue weighted by molar-refractivity contribution is -0.870. The number of hydrogen-bond donors (Lipinski definition) is 2. The molecule has 0 aliphatic rings. The van der Waals surface area contributed by atoms with Crippen LogP contribution in [-0.2, 0) is 27.9 Å². The van der Waals surface area contributed by atoms with Crippen molar-refractivity contribution in [3.63, 3.8) is 0 Å². The van der Waals surface area contributed by atoms with E-state index in [1.807, 2.05) is 33.3 Å². The van der Waals surface area contributed by atoms with Crippen LogP contribution in [0.4, 0.5) is 0 Å². The van der Waals surface area contributed by atoms with Crippen molar-refractivity contribution in [1.82, 2.24) is 5.32 Å².